The number of piperidine rings is 1. The first kappa shape index (κ1) is 24.8. The van der Waals surface area contributed by atoms with E-state index in [4.69, 9.17) is 4.74 Å². The SMILES string of the molecule is COC(=O)c1ccc(OC)c(S(=O)(=O)Nc2cc(S(C)(=O)=O)ccc2N2CCC[C@H](O)C2)c1. The van der Waals surface area contributed by atoms with Crippen LogP contribution in [0.3, 0.4) is 0 Å². The first-order valence-corrected chi connectivity index (χ1v) is 13.4. The fraction of sp³-hybridized carbons (Fsp3) is 0.381. The molecule has 1 aliphatic rings. The molecule has 1 heterocycles. The number of nitrogens with one attached hydrogen (secondary N) is 1. The lowest BCUT2D eigenvalue weighted by molar-refractivity contribution is 0.0600. The third-order valence-corrected chi connectivity index (χ3v) is 7.75. The zero-order chi connectivity index (χ0) is 24.4. The fourth-order valence-corrected chi connectivity index (χ4v) is 5.52. The molecule has 0 aliphatic carbocycles. The Bertz CT molecular complexity index is 1260. The molecule has 0 aromatic heterocycles. The van der Waals surface area contributed by atoms with Crippen molar-refractivity contribution in [2.24, 2.45) is 0 Å². The summed E-state index contributed by atoms with van der Waals surface area (Å²) in [6.07, 6.45) is 1.75. The average molecular weight is 499 g/mol. The fourth-order valence-electron chi connectivity index (χ4n) is 3.61. The van der Waals surface area contributed by atoms with E-state index in [2.05, 4.69) is 9.46 Å². The smallest absolute Gasteiger partial charge is 0.337 e. The van der Waals surface area contributed by atoms with Gasteiger partial charge < -0.3 is 19.5 Å². The molecule has 33 heavy (non-hydrogen) atoms. The number of sulfone groups is 1. The standard InChI is InChI=1S/C21H26N2O8S2/c1-30-19-9-6-14(21(25)31-2)11-20(19)33(28,29)22-17-12-16(32(3,26)27)7-8-18(17)23-10-4-5-15(24)13-23/h6-9,11-12,15,22,24H,4-5,10,13H2,1-3H3/t15-/m0/s1. The van der Waals surface area contributed by atoms with Gasteiger partial charge in [-0.2, -0.15) is 0 Å². The maximum Gasteiger partial charge on any atom is 0.337 e. The van der Waals surface area contributed by atoms with Gasteiger partial charge in [-0.25, -0.2) is 21.6 Å². The van der Waals surface area contributed by atoms with E-state index in [1.54, 1.807) is 4.90 Å². The normalized spacial score (nSPS) is 16.8. The number of anilines is 2. The van der Waals surface area contributed by atoms with Crippen molar-refractivity contribution in [3.63, 3.8) is 0 Å². The average Bonchev–Trinajstić information content (AvgIpc) is 2.77. The highest BCUT2D eigenvalue weighted by atomic mass is 32.2. The zero-order valence-electron chi connectivity index (χ0n) is 18.4. The molecule has 0 spiro atoms. The van der Waals surface area contributed by atoms with E-state index in [-0.39, 0.29) is 33.3 Å². The molecule has 1 saturated heterocycles. The van der Waals surface area contributed by atoms with Gasteiger partial charge in [-0.3, -0.25) is 4.72 Å². The summed E-state index contributed by atoms with van der Waals surface area (Å²) >= 11 is 0. The van der Waals surface area contributed by atoms with Crippen LogP contribution in [0.4, 0.5) is 11.4 Å². The van der Waals surface area contributed by atoms with Crippen molar-refractivity contribution in [1.29, 1.82) is 0 Å². The van der Waals surface area contributed by atoms with Crippen LogP contribution in [0.25, 0.3) is 0 Å². The number of benzene rings is 2. The van der Waals surface area contributed by atoms with Gasteiger partial charge in [0.25, 0.3) is 10.0 Å². The Labute approximate surface area is 193 Å². The van der Waals surface area contributed by atoms with Crippen LogP contribution in [-0.4, -0.2) is 67.6 Å². The number of aliphatic hydroxyl groups is 1. The third kappa shape index (κ3) is 5.57. The van der Waals surface area contributed by atoms with E-state index in [0.717, 1.165) is 12.3 Å². The molecule has 2 aromatic rings. The van der Waals surface area contributed by atoms with Gasteiger partial charge in [0, 0.05) is 19.3 Å². The highest BCUT2D eigenvalue weighted by Crippen LogP contribution is 2.34. The molecule has 12 heteroatoms. The van der Waals surface area contributed by atoms with Gasteiger partial charge in [-0.15, -0.1) is 0 Å². The maximum atomic E-state index is 13.3. The number of rotatable bonds is 7. The third-order valence-electron chi connectivity index (χ3n) is 5.25. The number of β-amino-alcohol motifs (C(OH)–C–C–N with tert-alkyl or cyclic N) is 1. The number of carbonyl (C=O) groups is 1. The zero-order valence-corrected chi connectivity index (χ0v) is 20.1. The first-order valence-electron chi connectivity index (χ1n) is 10.0. The Balaban J connectivity index is 2.11. The number of methoxy groups -OCH3 is 2. The molecule has 180 valence electrons. The van der Waals surface area contributed by atoms with Gasteiger partial charge in [-0.05, 0) is 49.2 Å². The lowest BCUT2D eigenvalue weighted by Gasteiger charge is -2.33. The monoisotopic (exact) mass is 498 g/mol. The number of esters is 1. The second kappa shape index (κ2) is 9.57. The van der Waals surface area contributed by atoms with Crippen LogP contribution in [-0.2, 0) is 24.6 Å². The molecular weight excluding hydrogens is 472 g/mol. The van der Waals surface area contributed by atoms with E-state index in [1.165, 1.54) is 44.6 Å². The lowest BCUT2D eigenvalue weighted by Crippen LogP contribution is -2.38. The van der Waals surface area contributed by atoms with Crippen molar-refractivity contribution in [2.75, 3.05) is 43.2 Å². The highest BCUT2D eigenvalue weighted by Gasteiger charge is 2.27. The van der Waals surface area contributed by atoms with Gasteiger partial charge in [0.05, 0.1) is 42.2 Å². The number of nitrogens with zero attached hydrogens (tertiary/aromatic N) is 1. The van der Waals surface area contributed by atoms with Crippen molar-refractivity contribution < 1.29 is 36.2 Å². The minimum absolute atomic E-state index is 0.00272. The number of carbonyl (C=O) groups excluding carboxylic acids is 1. The van der Waals surface area contributed by atoms with Gasteiger partial charge in [-0.1, -0.05) is 0 Å². The molecule has 3 rings (SSSR count). The minimum atomic E-state index is -4.32. The van der Waals surface area contributed by atoms with Gasteiger partial charge in [0.2, 0.25) is 0 Å². The van der Waals surface area contributed by atoms with Crippen LogP contribution in [0.15, 0.2) is 46.2 Å². The lowest BCUT2D eigenvalue weighted by atomic mass is 10.1. The summed E-state index contributed by atoms with van der Waals surface area (Å²) in [6, 6.07) is 7.96. The van der Waals surface area contributed by atoms with E-state index in [0.29, 0.717) is 25.1 Å². The summed E-state index contributed by atoms with van der Waals surface area (Å²) < 4.78 is 63.2. The molecule has 2 aromatic carbocycles. The summed E-state index contributed by atoms with van der Waals surface area (Å²) in [5, 5.41) is 10.1. The number of sulfonamides is 1. The van der Waals surface area contributed by atoms with Gasteiger partial charge in [0.15, 0.2) is 9.84 Å². The van der Waals surface area contributed by atoms with Gasteiger partial charge in [0.1, 0.15) is 10.6 Å². The number of hydrogen-bond donors (Lipinski definition) is 2. The quantitative estimate of drug-likeness (QED) is 0.545. The van der Waals surface area contributed by atoms with Crippen molar-refractivity contribution in [3.8, 4) is 5.75 Å². The Hall–Kier alpha value is -2.83. The molecule has 1 atom stereocenters. The topological polar surface area (TPSA) is 139 Å². The summed E-state index contributed by atoms with van der Waals surface area (Å²) in [7, 11) is -5.49. The van der Waals surface area contributed by atoms with Crippen molar-refractivity contribution >= 4 is 37.2 Å². The molecule has 10 nitrogen and oxygen atoms in total. The second-order valence-electron chi connectivity index (χ2n) is 7.66. The van der Waals surface area contributed by atoms with Crippen molar-refractivity contribution in [2.45, 2.75) is 28.7 Å². The van der Waals surface area contributed by atoms with Crippen molar-refractivity contribution in [3.05, 3.63) is 42.0 Å². The molecule has 0 radical (unpaired) electrons. The molecular formula is C21H26N2O8S2. The Kier molecular flexibility index (Phi) is 7.20. The van der Waals surface area contributed by atoms with E-state index in [9.17, 15) is 26.7 Å². The molecule has 2 N–H and O–H groups in total. The molecule has 1 aliphatic heterocycles. The predicted octanol–water partition coefficient (Wildman–Crippen LogP) is 1.65. The summed E-state index contributed by atoms with van der Waals surface area (Å²) in [6.45, 7) is 0.833. The molecule has 0 amide bonds. The molecule has 0 bridgehead atoms. The van der Waals surface area contributed by atoms with E-state index in [1.807, 2.05) is 0 Å². The summed E-state index contributed by atoms with van der Waals surface area (Å²) in [4.78, 5) is 13.3. The van der Waals surface area contributed by atoms with E-state index < -0.39 is 31.9 Å². The number of hydrogen-bond acceptors (Lipinski definition) is 9. The Morgan fingerprint density at radius 2 is 1.85 bits per heavy atom. The Morgan fingerprint density at radius 3 is 2.45 bits per heavy atom. The van der Waals surface area contributed by atoms with Crippen LogP contribution in [0.2, 0.25) is 0 Å². The van der Waals surface area contributed by atoms with Crippen molar-refractivity contribution in [1.82, 2.24) is 0 Å². The molecule has 0 saturated carbocycles. The largest absolute Gasteiger partial charge is 0.495 e. The minimum Gasteiger partial charge on any atom is -0.495 e. The van der Waals surface area contributed by atoms with Crippen LogP contribution >= 0.6 is 0 Å². The predicted molar refractivity (Wildman–Crippen MR) is 122 cm³/mol. The number of ether oxygens (including phenoxy) is 2. The summed E-state index contributed by atoms with van der Waals surface area (Å²) in [5.41, 5.74) is 0.452. The molecule has 1 fully saturated rings. The molecule has 0 unspecified atom stereocenters. The first-order chi connectivity index (χ1) is 15.5. The maximum absolute atomic E-state index is 13.3. The van der Waals surface area contributed by atoms with Crippen LogP contribution in [0, 0.1) is 0 Å². The Morgan fingerprint density at radius 1 is 1.12 bits per heavy atom. The van der Waals surface area contributed by atoms with Crippen LogP contribution in [0.1, 0.15) is 23.2 Å². The van der Waals surface area contributed by atoms with Gasteiger partial charge >= 0.3 is 5.97 Å². The van der Waals surface area contributed by atoms with Crippen LogP contribution < -0.4 is 14.4 Å². The highest BCUT2D eigenvalue weighted by molar-refractivity contribution is 7.93. The summed E-state index contributed by atoms with van der Waals surface area (Å²) in [5.74, 6) is -0.736. The number of aliphatic hydroxyl groups excluding tert-OH is 1. The van der Waals surface area contributed by atoms with E-state index >= 15 is 0 Å². The van der Waals surface area contributed by atoms with Crippen LogP contribution in [0.5, 0.6) is 5.75 Å². The second-order valence-corrected chi connectivity index (χ2v) is 11.3.